The molecule has 1 aliphatic rings. The first-order valence-electron chi connectivity index (χ1n) is 12.4. The first-order chi connectivity index (χ1) is 19.4. The van der Waals surface area contributed by atoms with Crippen LogP contribution in [0.2, 0.25) is 0 Å². The zero-order valence-corrected chi connectivity index (χ0v) is 22.3. The van der Waals surface area contributed by atoms with Gasteiger partial charge in [-0.05, 0) is 30.3 Å². The number of hydrogen-bond donors (Lipinski definition) is 1. The van der Waals surface area contributed by atoms with Gasteiger partial charge < -0.3 is 10.1 Å². The minimum Gasteiger partial charge on any atom is -0.383 e. The molecule has 1 atom stereocenters. The van der Waals surface area contributed by atoms with Crippen LogP contribution in [0.15, 0.2) is 72.8 Å². The summed E-state index contributed by atoms with van der Waals surface area (Å²) in [6.07, 6.45) is 0. The van der Waals surface area contributed by atoms with E-state index in [-0.39, 0.29) is 30.2 Å². The molecule has 0 saturated carbocycles. The molecule has 40 heavy (non-hydrogen) atoms. The van der Waals surface area contributed by atoms with Crippen LogP contribution in [0.3, 0.4) is 0 Å². The van der Waals surface area contributed by atoms with Gasteiger partial charge in [0.25, 0.3) is 0 Å². The van der Waals surface area contributed by atoms with Gasteiger partial charge >= 0.3 is 0 Å². The molecule has 0 spiro atoms. The molecular formula is C29H25F3N4O3S. The Morgan fingerprint density at radius 1 is 1.05 bits per heavy atom. The Kier molecular flexibility index (Phi) is 8.22. The van der Waals surface area contributed by atoms with Crippen molar-refractivity contribution >= 4 is 29.4 Å². The van der Waals surface area contributed by atoms with Crippen molar-refractivity contribution in [3.8, 4) is 16.9 Å². The highest BCUT2D eigenvalue weighted by Gasteiger charge is 2.38. The van der Waals surface area contributed by atoms with Crippen molar-refractivity contribution in [2.24, 2.45) is 0 Å². The van der Waals surface area contributed by atoms with Gasteiger partial charge in [-0.25, -0.2) is 17.9 Å². The van der Waals surface area contributed by atoms with E-state index in [4.69, 9.17) is 9.84 Å². The van der Waals surface area contributed by atoms with Gasteiger partial charge in [0, 0.05) is 36.4 Å². The number of halogens is 3. The quantitative estimate of drug-likeness (QED) is 0.308. The number of nitrogens with zero attached hydrogens (tertiary/aromatic N) is 3. The lowest BCUT2D eigenvalue weighted by atomic mass is 9.99. The van der Waals surface area contributed by atoms with Gasteiger partial charge in [0.1, 0.15) is 29.8 Å². The summed E-state index contributed by atoms with van der Waals surface area (Å²) >= 11 is 1.16. The third kappa shape index (κ3) is 5.61. The third-order valence-corrected chi connectivity index (χ3v) is 7.62. The average molecular weight is 567 g/mol. The van der Waals surface area contributed by atoms with E-state index < -0.39 is 34.5 Å². The lowest BCUT2D eigenvalue weighted by molar-refractivity contribution is -0.123. The Bertz CT molecular complexity index is 1530. The number of hydrogen-bond acceptors (Lipinski definition) is 5. The van der Waals surface area contributed by atoms with Gasteiger partial charge in [-0.3, -0.25) is 14.5 Å². The Hall–Kier alpha value is -4.09. The maximum absolute atomic E-state index is 15.3. The van der Waals surface area contributed by atoms with E-state index in [0.29, 0.717) is 29.1 Å². The zero-order valence-electron chi connectivity index (χ0n) is 21.4. The number of methoxy groups -OCH3 is 1. The van der Waals surface area contributed by atoms with E-state index in [1.54, 1.807) is 0 Å². The summed E-state index contributed by atoms with van der Waals surface area (Å²) < 4.78 is 49.5. The van der Waals surface area contributed by atoms with Crippen LogP contribution in [0.25, 0.3) is 16.9 Å². The maximum atomic E-state index is 15.3. The first-order valence-corrected chi connectivity index (χ1v) is 13.5. The summed E-state index contributed by atoms with van der Waals surface area (Å²) in [6, 6.07) is 18.0. The maximum Gasteiger partial charge on any atom is 0.240 e. The minimum atomic E-state index is -0.773. The number of amides is 2. The molecule has 0 aliphatic carbocycles. The average Bonchev–Trinajstić information content (AvgIpc) is 3.27. The second-order valence-electron chi connectivity index (χ2n) is 9.02. The van der Waals surface area contributed by atoms with Crippen LogP contribution in [0, 0.1) is 17.5 Å². The fourth-order valence-corrected chi connectivity index (χ4v) is 5.76. The van der Waals surface area contributed by atoms with Crippen molar-refractivity contribution in [1.29, 1.82) is 0 Å². The molecular weight excluding hydrogens is 541 g/mol. The first kappa shape index (κ1) is 27.5. The minimum absolute atomic E-state index is 0.0842. The van der Waals surface area contributed by atoms with Crippen LogP contribution in [-0.4, -0.2) is 54.2 Å². The van der Waals surface area contributed by atoms with Gasteiger partial charge in [-0.2, -0.15) is 5.10 Å². The van der Waals surface area contributed by atoms with E-state index >= 15 is 4.39 Å². The second-order valence-corrected chi connectivity index (χ2v) is 10.1. The van der Waals surface area contributed by atoms with E-state index in [9.17, 15) is 18.4 Å². The largest absolute Gasteiger partial charge is 0.383 e. The van der Waals surface area contributed by atoms with Crippen LogP contribution < -0.4 is 10.2 Å². The lowest BCUT2D eigenvalue weighted by Crippen LogP contribution is -2.43. The predicted octanol–water partition coefficient (Wildman–Crippen LogP) is 4.89. The van der Waals surface area contributed by atoms with Crippen molar-refractivity contribution < 1.29 is 27.5 Å². The topological polar surface area (TPSA) is 76.5 Å². The van der Waals surface area contributed by atoms with Crippen molar-refractivity contribution in [1.82, 2.24) is 15.1 Å². The molecule has 7 nitrogen and oxygen atoms in total. The number of ether oxygens (including phenoxy) is 1. The summed E-state index contributed by atoms with van der Waals surface area (Å²) in [6.45, 7) is 0.198. The van der Waals surface area contributed by atoms with Crippen molar-refractivity contribution in [2.45, 2.75) is 5.25 Å². The zero-order chi connectivity index (χ0) is 28.2. The Balaban J connectivity index is 1.76. The van der Waals surface area contributed by atoms with E-state index in [1.165, 1.54) is 53.1 Å². The lowest BCUT2D eigenvalue weighted by Gasteiger charge is -2.23. The van der Waals surface area contributed by atoms with Gasteiger partial charge in [0.05, 0.1) is 29.0 Å². The molecule has 1 unspecified atom stereocenters. The van der Waals surface area contributed by atoms with Crippen LogP contribution in [0.4, 0.5) is 19.0 Å². The monoisotopic (exact) mass is 566 g/mol. The van der Waals surface area contributed by atoms with Gasteiger partial charge in [0.15, 0.2) is 0 Å². The van der Waals surface area contributed by atoms with Crippen molar-refractivity contribution in [3.63, 3.8) is 0 Å². The summed E-state index contributed by atoms with van der Waals surface area (Å²) in [5.41, 5.74) is 2.21. The third-order valence-electron chi connectivity index (χ3n) is 6.38. The molecule has 3 aromatic carbocycles. The Labute approximate surface area is 232 Å². The molecule has 5 rings (SSSR count). The van der Waals surface area contributed by atoms with Crippen LogP contribution in [0.5, 0.6) is 0 Å². The summed E-state index contributed by atoms with van der Waals surface area (Å²) in [7, 11) is 1.51. The smallest absolute Gasteiger partial charge is 0.240 e. The highest BCUT2D eigenvalue weighted by molar-refractivity contribution is 8.00. The molecule has 0 radical (unpaired) electrons. The second kappa shape index (κ2) is 12.0. The highest BCUT2D eigenvalue weighted by Crippen LogP contribution is 2.49. The van der Waals surface area contributed by atoms with Gasteiger partial charge in [-0.1, -0.05) is 36.4 Å². The summed E-state index contributed by atoms with van der Waals surface area (Å²) in [5, 5.41) is 6.78. The molecule has 11 heteroatoms. The molecule has 0 fully saturated rings. The molecule has 4 aromatic rings. The van der Waals surface area contributed by atoms with E-state index in [2.05, 4.69) is 5.32 Å². The predicted molar refractivity (Wildman–Crippen MR) is 147 cm³/mol. The highest BCUT2D eigenvalue weighted by atomic mass is 32.2. The van der Waals surface area contributed by atoms with E-state index in [0.717, 1.165) is 17.8 Å². The van der Waals surface area contributed by atoms with Gasteiger partial charge in [-0.15, -0.1) is 11.8 Å². The summed E-state index contributed by atoms with van der Waals surface area (Å²) in [5.74, 6) is -2.62. The number of anilines is 1. The number of benzene rings is 3. The Morgan fingerprint density at radius 2 is 1.77 bits per heavy atom. The molecule has 1 aromatic heterocycles. The number of thioether (sulfide) groups is 1. The van der Waals surface area contributed by atoms with Gasteiger partial charge in [0.2, 0.25) is 11.8 Å². The van der Waals surface area contributed by atoms with Crippen molar-refractivity contribution in [3.05, 3.63) is 101 Å². The van der Waals surface area contributed by atoms with E-state index in [1.807, 2.05) is 30.3 Å². The standard InChI is InChI=1S/C29H25F3N4O3S/c1-39-14-13-33-24(37)16-35-25(38)17-40-28(22-12-9-20(31)15-23(22)32)26-27(18-5-3-2-4-6-18)34-36(29(26)35)21-10-7-19(30)8-11-21/h2-12,15,28H,13-14,16-17H2,1H3,(H,33,37). The fraction of sp³-hybridized carbons (Fsp3) is 0.207. The molecule has 1 aliphatic heterocycles. The molecule has 1 N–H and O–H groups in total. The Morgan fingerprint density at radius 3 is 2.48 bits per heavy atom. The molecule has 0 bridgehead atoms. The number of carbonyl (C=O) groups is 2. The number of nitrogens with one attached hydrogen (secondary N) is 1. The molecule has 2 heterocycles. The number of fused-ring (bicyclic) bond motifs is 1. The molecule has 2 amide bonds. The fourth-order valence-electron chi connectivity index (χ4n) is 4.54. The van der Waals surface area contributed by atoms with Crippen molar-refractivity contribution in [2.75, 3.05) is 37.5 Å². The number of aromatic nitrogens is 2. The SMILES string of the molecule is COCCNC(=O)CN1C(=O)CSC(c2ccc(F)cc2F)c2c(-c3ccccc3)nn(-c3ccc(F)cc3)c21. The van der Waals surface area contributed by atoms with Crippen LogP contribution in [0.1, 0.15) is 16.4 Å². The summed E-state index contributed by atoms with van der Waals surface area (Å²) in [4.78, 5) is 27.8. The molecule has 0 saturated heterocycles. The normalized spacial score (nSPS) is 15.1. The van der Waals surface area contributed by atoms with Crippen LogP contribution in [-0.2, 0) is 14.3 Å². The van der Waals surface area contributed by atoms with Crippen LogP contribution >= 0.6 is 11.8 Å². The number of carbonyl (C=O) groups excluding carboxylic acids is 2. The number of rotatable bonds is 8. The molecule has 206 valence electrons.